The van der Waals surface area contributed by atoms with Crippen LogP contribution in [-0.2, 0) is 30.4 Å². The first-order valence-corrected chi connectivity index (χ1v) is 15.7. The predicted molar refractivity (Wildman–Crippen MR) is 169 cm³/mol. The lowest BCUT2D eigenvalue weighted by atomic mass is 9.95. The third-order valence-electron chi connectivity index (χ3n) is 8.05. The summed E-state index contributed by atoms with van der Waals surface area (Å²) in [4.78, 5) is 68.1. The number of amides is 4. The number of carbonyl (C=O) groups is 5. The number of nitrogens with two attached hydrogens (primary N) is 1. The van der Waals surface area contributed by atoms with Gasteiger partial charge in [-0.2, -0.15) is 0 Å². The quantitative estimate of drug-likeness (QED) is 0.116. The van der Waals surface area contributed by atoms with Gasteiger partial charge in [-0.15, -0.1) is 0 Å². The number of benzene rings is 1. The Balaban J connectivity index is 2.14. The smallest absolute Gasteiger partial charge is 0.325 e. The fraction of sp³-hybridized carbons (Fsp3) is 0.656. The highest BCUT2D eigenvalue weighted by Crippen LogP contribution is 2.16. The molecule has 0 radical (unpaired) electrons. The number of hydrogen-bond donors (Lipinski definition) is 4. The Morgan fingerprint density at radius 1 is 0.955 bits per heavy atom. The number of likely N-dealkylation sites (N-methyl/N-ethyl adjacent to an activating group) is 1. The van der Waals surface area contributed by atoms with Crippen molar-refractivity contribution >= 4 is 29.6 Å². The van der Waals surface area contributed by atoms with Crippen LogP contribution >= 0.6 is 0 Å². The number of nitrogens with one attached hydrogen (secondary N) is 3. The third kappa shape index (κ3) is 12.2. The van der Waals surface area contributed by atoms with Gasteiger partial charge in [0, 0.05) is 39.0 Å². The standard InChI is InChI=1S/C32H52N6O6/c1-7-9-10-11-26(39)34-25(29(41)35-28(22(3)8-2)30(42)36-32(4,5)31(33)43)20-23-12-14-24(15-13-23)44-27(40)21-38-18-16-37(6)17-19-38/h12-15,22,25,28H,7-11,16-21H2,1-6H3,(H2,33,43)(H,34,39)(H,35,41)(H,36,42). The zero-order chi connectivity index (χ0) is 32.9. The number of ether oxygens (including phenoxy) is 1. The van der Waals surface area contributed by atoms with Crippen molar-refractivity contribution in [3.8, 4) is 5.75 Å². The summed E-state index contributed by atoms with van der Waals surface area (Å²) in [6, 6.07) is 4.91. The molecule has 0 saturated carbocycles. The Labute approximate surface area is 261 Å². The average Bonchev–Trinajstić information content (AvgIpc) is 2.97. The minimum atomic E-state index is -1.31. The Hall–Kier alpha value is -3.51. The maximum atomic E-state index is 13.6. The Morgan fingerprint density at radius 3 is 2.16 bits per heavy atom. The van der Waals surface area contributed by atoms with Gasteiger partial charge < -0.3 is 31.3 Å². The molecule has 0 spiro atoms. The fourth-order valence-corrected chi connectivity index (χ4v) is 4.70. The van der Waals surface area contributed by atoms with E-state index in [1.54, 1.807) is 24.3 Å². The molecule has 0 aromatic heterocycles. The van der Waals surface area contributed by atoms with Crippen LogP contribution in [0.4, 0.5) is 0 Å². The van der Waals surface area contributed by atoms with E-state index in [1.807, 2.05) is 20.8 Å². The second kappa shape index (κ2) is 17.7. The van der Waals surface area contributed by atoms with Crippen LogP contribution in [0.1, 0.15) is 72.3 Å². The molecule has 12 nitrogen and oxygen atoms in total. The lowest BCUT2D eigenvalue weighted by molar-refractivity contribution is -0.136. The molecule has 0 aliphatic carbocycles. The molecule has 3 atom stereocenters. The fourth-order valence-electron chi connectivity index (χ4n) is 4.70. The first-order chi connectivity index (χ1) is 20.7. The van der Waals surface area contributed by atoms with Crippen molar-refractivity contribution in [3.63, 3.8) is 0 Å². The van der Waals surface area contributed by atoms with E-state index in [0.29, 0.717) is 18.6 Å². The van der Waals surface area contributed by atoms with Crippen molar-refractivity contribution in [2.24, 2.45) is 11.7 Å². The lowest BCUT2D eigenvalue weighted by Crippen LogP contribution is -2.61. The number of nitrogens with zero attached hydrogens (tertiary/aromatic N) is 2. The molecule has 5 N–H and O–H groups in total. The van der Waals surface area contributed by atoms with Gasteiger partial charge in [0.15, 0.2) is 0 Å². The molecule has 1 aromatic carbocycles. The molecular weight excluding hydrogens is 564 g/mol. The topological polar surface area (TPSA) is 163 Å². The molecule has 4 amide bonds. The van der Waals surface area contributed by atoms with E-state index in [9.17, 15) is 24.0 Å². The van der Waals surface area contributed by atoms with Crippen molar-refractivity contribution < 1.29 is 28.7 Å². The Morgan fingerprint density at radius 2 is 1.59 bits per heavy atom. The largest absolute Gasteiger partial charge is 0.426 e. The van der Waals surface area contributed by atoms with E-state index in [1.165, 1.54) is 13.8 Å². The monoisotopic (exact) mass is 616 g/mol. The molecule has 1 aliphatic rings. The predicted octanol–water partition coefficient (Wildman–Crippen LogP) is 1.36. The van der Waals surface area contributed by atoms with Crippen molar-refractivity contribution in [1.82, 2.24) is 25.8 Å². The zero-order valence-electron chi connectivity index (χ0n) is 27.2. The molecule has 1 aromatic rings. The number of hydrogen-bond acceptors (Lipinski definition) is 8. The van der Waals surface area contributed by atoms with Gasteiger partial charge in [0.25, 0.3) is 0 Å². The molecule has 0 bridgehead atoms. The van der Waals surface area contributed by atoms with Crippen molar-refractivity contribution in [1.29, 1.82) is 0 Å². The SMILES string of the molecule is CCCCCC(=O)NC(Cc1ccc(OC(=O)CN2CCN(C)CC2)cc1)C(=O)NC(C(=O)NC(C)(C)C(N)=O)C(C)CC. The number of unbranched alkanes of at least 4 members (excludes halogenated alkanes) is 2. The Kier molecular flexibility index (Phi) is 14.8. The summed E-state index contributed by atoms with van der Waals surface area (Å²) in [5, 5.41) is 8.27. The van der Waals surface area contributed by atoms with E-state index in [2.05, 4.69) is 32.8 Å². The highest BCUT2D eigenvalue weighted by Gasteiger charge is 2.34. The van der Waals surface area contributed by atoms with Gasteiger partial charge in [0.05, 0.1) is 6.54 Å². The molecule has 1 aliphatic heterocycles. The van der Waals surface area contributed by atoms with Gasteiger partial charge >= 0.3 is 5.97 Å². The van der Waals surface area contributed by atoms with Gasteiger partial charge in [-0.1, -0.05) is 52.2 Å². The average molecular weight is 617 g/mol. The lowest BCUT2D eigenvalue weighted by Gasteiger charge is -2.31. The number of rotatable bonds is 17. The first kappa shape index (κ1) is 36.7. The molecule has 1 heterocycles. The minimum Gasteiger partial charge on any atom is -0.426 e. The zero-order valence-corrected chi connectivity index (χ0v) is 27.2. The van der Waals surface area contributed by atoms with Crippen LogP contribution in [0.3, 0.4) is 0 Å². The molecular formula is C32H52N6O6. The van der Waals surface area contributed by atoms with Crippen LogP contribution in [0.2, 0.25) is 0 Å². The summed E-state index contributed by atoms with van der Waals surface area (Å²) < 4.78 is 5.52. The summed E-state index contributed by atoms with van der Waals surface area (Å²) in [6.07, 6.45) is 3.57. The first-order valence-electron chi connectivity index (χ1n) is 15.7. The van der Waals surface area contributed by atoms with E-state index in [4.69, 9.17) is 10.5 Å². The molecule has 1 fully saturated rings. The third-order valence-corrected chi connectivity index (χ3v) is 8.05. The van der Waals surface area contributed by atoms with E-state index in [0.717, 1.165) is 44.6 Å². The normalized spacial score (nSPS) is 16.3. The summed E-state index contributed by atoms with van der Waals surface area (Å²) in [5.74, 6) is -2.22. The molecule has 246 valence electrons. The maximum absolute atomic E-state index is 13.6. The Bertz CT molecular complexity index is 1120. The molecule has 12 heteroatoms. The number of esters is 1. The van der Waals surface area contributed by atoms with Crippen LogP contribution in [0, 0.1) is 5.92 Å². The number of primary amides is 1. The second-order valence-electron chi connectivity index (χ2n) is 12.3. The number of carbonyl (C=O) groups excluding carboxylic acids is 5. The molecule has 1 saturated heterocycles. The minimum absolute atomic E-state index is 0.155. The van der Waals surface area contributed by atoms with Gasteiger partial charge in [-0.05, 0) is 50.9 Å². The summed E-state index contributed by atoms with van der Waals surface area (Å²) in [5.41, 5.74) is 4.86. The molecule has 2 rings (SSSR count). The van der Waals surface area contributed by atoms with E-state index >= 15 is 0 Å². The van der Waals surface area contributed by atoms with Gasteiger partial charge in [0.2, 0.25) is 23.6 Å². The highest BCUT2D eigenvalue weighted by molar-refractivity contribution is 5.95. The van der Waals surface area contributed by atoms with Crippen LogP contribution < -0.4 is 26.4 Å². The second-order valence-corrected chi connectivity index (χ2v) is 12.3. The highest BCUT2D eigenvalue weighted by atomic mass is 16.5. The van der Waals surface area contributed by atoms with Crippen LogP contribution in [-0.4, -0.2) is 96.8 Å². The van der Waals surface area contributed by atoms with Crippen LogP contribution in [0.5, 0.6) is 5.75 Å². The molecule has 3 unspecified atom stereocenters. The van der Waals surface area contributed by atoms with Gasteiger partial charge in [-0.3, -0.25) is 28.9 Å². The summed E-state index contributed by atoms with van der Waals surface area (Å²) in [7, 11) is 2.05. The van der Waals surface area contributed by atoms with Crippen molar-refractivity contribution in [2.45, 2.75) is 90.8 Å². The van der Waals surface area contributed by atoms with E-state index < -0.39 is 35.3 Å². The van der Waals surface area contributed by atoms with E-state index in [-0.39, 0.29) is 37.2 Å². The van der Waals surface area contributed by atoms with Gasteiger partial charge in [0.1, 0.15) is 23.4 Å². The molecule has 44 heavy (non-hydrogen) atoms. The maximum Gasteiger partial charge on any atom is 0.325 e. The summed E-state index contributed by atoms with van der Waals surface area (Å²) in [6.45, 7) is 12.4. The van der Waals surface area contributed by atoms with Crippen molar-refractivity contribution in [2.75, 3.05) is 39.8 Å². The van der Waals surface area contributed by atoms with Crippen molar-refractivity contribution in [3.05, 3.63) is 29.8 Å². The number of piperazine rings is 1. The van der Waals surface area contributed by atoms with Gasteiger partial charge in [-0.25, -0.2) is 0 Å². The van der Waals surface area contributed by atoms with Crippen LogP contribution in [0.25, 0.3) is 0 Å². The summed E-state index contributed by atoms with van der Waals surface area (Å²) >= 11 is 0. The van der Waals surface area contributed by atoms with Crippen LogP contribution in [0.15, 0.2) is 24.3 Å².